The topological polar surface area (TPSA) is 3.24 Å². The second-order valence-corrected chi connectivity index (χ2v) is 5.74. The fraction of sp³-hybridized carbons (Fsp3) is 1.00. The van der Waals surface area contributed by atoms with Gasteiger partial charge in [-0.2, -0.15) is 0 Å². The maximum atomic E-state index is 2.78. The van der Waals surface area contributed by atoms with Gasteiger partial charge in [-0.15, -0.1) is 0 Å². The first-order valence-corrected chi connectivity index (χ1v) is 8.12. The van der Waals surface area contributed by atoms with Gasteiger partial charge in [0.25, 0.3) is 0 Å². The van der Waals surface area contributed by atoms with Crippen molar-refractivity contribution in [3.63, 3.8) is 0 Å². The molecule has 0 radical (unpaired) electrons. The molecule has 1 saturated carbocycles. The average Bonchev–Trinajstić information content (AvgIpc) is 2.36. The first-order chi connectivity index (χ1) is 8.38. The zero-order chi connectivity index (χ0) is 12.3. The largest absolute Gasteiger partial charge is 0.300 e. The Kier molecular flexibility index (Phi) is 8.78. The van der Waals surface area contributed by atoms with Gasteiger partial charge in [-0.25, -0.2) is 0 Å². The fourth-order valence-corrected chi connectivity index (χ4v) is 3.20. The summed E-state index contributed by atoms with van der Waals surface area (Å²) in [5.74, 6) is 0. The van der Waals surface area contributed by atoms with E-state index in [1.165, 1.54) is 83.7 Å². The lowest BCUT2D eigenvalue weighted by atomic mass is 9.96. The van der Waals surface area contributed by atoms with Crippen molar-refractivity contribution in [2.24, 2.45) is 0 Å². The number of rotatable bonds is 5. The first-order valence-electron chi connectivity index (χ1n) is 8.12. The van der Waals surface area contributed by atoms with E-state index in [0.717, 1.165) is 6.04 Å². The molecule has 0 aromatic rings. The van der Waals surface area contributed by atoms with E-state index >= 15 is 0 Å². The third-order valence-electron chi connectivity index (χ3n) is 4.11. The Balaban J connectivity index is 2.42. The number of hydrogen-bond donors (Lipinski definition) is 0. The molecule has 0 amide bonds. The van der Waals surface area contributed by atoms with E-state index in [1.54, 1.807) is 0 Å². The minimum Gasteiger partial charge on any atom is -0.300 e. The molecule has 0 aromatic heterocycles. The van der Waals surface area contributed by atoms with Crippen molar-refractivity contribution >= 4 is 0 Å². The summed E-state index contributed by atoms with van der Waals surface area (Å²) >= 11 is 0. The molecule has 1 aliphatic rings. The molecule has 0 heterocycles. The summed E-state index contributed by atoms with van der Waals surface area (Å²) < 4.78 is 0. The second-order valence-electron chi connectivity index (χ2n) is 5.74. The van der Waals surface area contributed by atoms with Crippen LogP contribution in [0, 0.1) is 0 Å². The molecule has 0 aliphatic heterocycles. The Morgan fingerprint density at radius 2 is 1.12 bits per heavy atom. The lowest BCUT2D eigenvalue weighted by Gasteiger charge is -2.32. The molecule has 0 spiro atoms. The number of hydrogen-bond acceptors (Lipinski definition) is 1. The Morgan fingerprint density at radius 3 is 1.53 bits per heavy atom. The standard InChI is InChI=1S/C16H33N/c1-3-14-17(15-4-2)16-12-10-8-6-5-7-9-11-13-16/h16H,3-15H2,1-2H3. The molecule has 1 heteroatoms. The zero-order valence-electron chi connectivity index (χ0n) is 12.2. The minimum atomic E-state index is 0.896. The molecule has 0 unspecified atom stereocenters. The summed E-state index contributed by atoms with van der Waals surface area (Å²) in [5, 5.41) is 0. The van der Waals surface area contributed by atoms with Gasteiger partial charge in [0.2, 0.25) is 0 Å². The quantitative estimate of drug-likeness (QED) is 0.652. The maximum absolute atomic E-state index is 2.78. The van der Waals surface area contributed by atoms with Crippen molar-refractivity contribution in [1.82, 2.24) is 4.90 Å². The smallest absolute Gasteiger partial charge is 0.00952 e. The second kappa shape index (κ2) is 9.94. The van der Waals surface area contributed by atoms with Crippen LogP contribution >= 0.6 is 0 Å². The van der Waals surface area contributed by atoms with Gasteiger partial charge >= 0.3 is 0 Å². The van der Waals surface area contributed by atoms with E-state index in [4.69, 9.17) is 0 Å². The summed E-state index contributed by atoms with van der Waals surface area (Å²) in [4.78, 5) is 2.78. The van der Waals surface area contributed by atoms with E-state index in [9.17, 15) is 0 Å². The molecule has 17 heavy (non-hydrogen) atoms. The third-order valence-corrected chi connectivity index (χ3v) is 4.11. The summed E-state index contributed by atoms with van der Waals surface area (Å²) in [5.41, 5.74) is 0. The van der Waals surface area contributed by atoms with Crippen LogP contribution in [-0.2, 0) is 0 Å². The Labute approximate surface area is 109 Å². The van der Waals surface area contributed by atoms with Crippen molar-refractivity contribution in [3.8, 4) is 0 Å². The van der Waals surface area contributed by atoms with Crippen molar-refractivity contribution in [1.29, 1.82) is 0 Å². The molecule has 0 bridgehead atoms. The summed E-state index contributed by atoms with van der Waals surface area (Å²) in [6.45, 7) is 7.28. The minimum absolute atomic E-state index is 0.896. The SMILES string of the molecule is CCCN(CCC)C1CCCCCCCCC1. The Hall–Kier alpha value is -0.0400. The number of nitrogens with zero attached hydrogens (tertiary/aromatic N) is 1. The molecular formula is C16H33N. The summed E-state index contributed by atoms with van der Waals surface area (Å²) in [7, 11) is 0. The van der Waals surface area contributed by atoms with Crippen LogP contribution in [0.25, 0.3) is 0 Å². The van der Waals surface area contributed by atoms with Crippen molar-refractivity contribution < 1.29 is 0 Å². The van der Waals surface area contributed by atoms with E-state index in [2.05, 4.69) is 18.7 Å². The molecule has 1 fully saturated rings. The third kappa shape index (κ3) is 6.45. The highest BCUT2D eigenvalue weighted by Crippen LogP contribution is 2.21. The monoisotopic (exact) mass is 239 g/mol. The van der Waals surface area contributed by atoms with Crippen LogP contribution in [0.4, 0.5) is 0 Å². The molecule has 0 atom stereocenters. The van der Waals surface area contributed by atoms with E-state index < -0.39 is 0 Å². The molecular weight excluding hydrogens is 206 g/mol. The average molecular weight is 239 g/mol. The van der Waals surface area contributed by atoms with Gasteiger partial charge in [0, 0.05) is 6.04 Å². The zero-order valence-corrected chi connectivity index (χ0v) is 12.2. The molecule has 1 rings (SSSR count). The molecule has 102 valence electrons. The van der Waals surface area contributed by atoms with Crippen LogP contribution in [0.5, 0.6) is 0 Å². The van der Waals surface area contributed by atoms with Gasteiger partial charge in [-0.1, -0.05) is 58.8 Å². The van der Waals surface area contributed by atoms with Crippen LogP contribution in [-0.4, -0.2) is 24.0 Å². The molecule has 0 aromatic carbocycles. The van der Waals surface area contributed by atoms with Gasteiger partial charge in [0.15, 0.2) is 0 Å². The van der Waals surface area contributed by atoms with Crippen molar-refractivity contribution in [2.75, 3.05) is 13.1 Å². The highest BCUT2D eigenvalue weighted by atomic mass is 15.1. The van der Waals surface area contributed by atoms with E-state index in [-0.39, 0.29) is 0 Å². The molecule has 1 aliphatic carbocycles. The normalized spacial score (nSPS) is 20.6. The van der Waals surface area contributed by atoms with Crippen LogP contribution in [0.1, 0.15) is 84.5 Å². The van der Waals surface area contributed by atoms with Crippen LogP contribution in [0.15, 0.2) is 0 Å². The molecule has 0 N–H and O–H groups in total. The van der Waals surface area contributed by atoms with E-state index in [1.807, 2.05) is 0 Å². The highest BCUT2D eigenvalue weighted by molar-refractivity contribution is 4.72. The summed E-state index contributed by atoms with van der Waals surface area (Å²) in [6, 6.07) is 0.896. The van der Waals surface area contributed by atoms with Gasteiger partial charge in [0.05, 0.1) is 0 Å². The van der Waals surface area contributed by atoms with Gasteiger partial charge in [-0.3, -0.25) is 0 Å². The van der Waals surface area contributed by atoms with Crippen molar-refractivity contribution in [2.45, 2.75) is 90.5 Å². The molecule has 1 nitrogen and oxygen atoms in total. The van der Waals surface area contributed by atoms with Crippen molar-refractivity contribution in [3.05, 3.63) is 0 Å². The van der Waals surface area contributed by atoms with Crippen LogP contribution in [0.3, 0.4) is 0 Å². The molecule has 0 saturated heterocycles. The lowest BCUT2D eigenvalue weighted by molar-refractivity contribution is 0.169. The fourth-order valence-electron chi connectivity index (χ4n) is 3.20. The van der Waals surface area contributed by atoms with Crippen LogP contribution in [0.2, 0.25) is 0 Å². The van der Waals surface area contributed by atoms with E-state index in [0.29, 0.717) is 0 Å². The van der Waals surface area contributed by atoms with Gasteiger partial charge in [-0.05, 0) is 38.8 Å². The Morgan fingerprint density at radius 1 is 0.706 bits per heavy atom. The maximum Gasteiger partial charge on any atom is 0.00952 e. The van der Waals surface area contributed by atoms with Crippen LogP contribution < -0.4 is 0 Å². The Bertz CT molecular complexity index is 151. The first kappa shape index (κ1) is 15.0. The van der Waals surface area contributed by atoms with Gasteiger partial charge in [0.1, 0.15) is 0 Å². The summed E-state index contributed by atoms with van der Waals surface area (Å²) in [6.07, 6.45) is 15.9. The predicted molar refractivity (Wildman–Crippen MR) is 77.5 cm³/mol. The predicted octanol–water partition coefficient (Wildman–Crippen LogP) is 5.00. The van der Waals surface area contributed by atoms with Gasteiger partial charge < -0.3 is 4.90 Å². The highest BCUT2D eigenvalue weighted by Gasteiger charge is 2.16. The lowest BCUT2D eigenvalue weighted by Crippen LogP contribution is -2.36.